The Labute approximate surface area is 58.7 Å². The van der Waals surface area contributed by atoms with E-state index in [2.05, 4.69) is 5.10 Å². The molecule has 0 saturated heterocycles. The van der Waals surface area contributed by atoms with Crippen LogP contribution in [-0.4, -0.2) is 16.1 Å². The second-order valence-electron chi connectivity index (χ2n) is 2.49. The van der Waals surface area contributed by atoms with Crippen LogP contribution in [0.4, 0.5) is 0 Å². The fraction of sp³-hybridized carbons (Fsp3) is 0.429. The minimum absolute atomic E-state index is 0.762. The fourth-order valence-corrected chi connectivity index (χ4v) is 1.39. The highest BCUT2D eigenvalue weighted by atomic mass is 16.1. The van der Waals surface area contributed by atoms with Crippen LogP contribution in [0.1, 0.15) is 22.5 Å². The molecule has 2 heterocycles. The number of carbonyl (C=O) groups excluding carboxylic acids is 1. The molecule has 1 aromatic rings. The van der Waals surface area contributed by atoms with E-state index in [0.29, 0.717) is 0 Å². The van der Waals surface area contributed by atoms with Crippen molar-refractivity contribution in [2.45, 2.75) is 19.4 Å². The van der Waals surface area contributed by atoms with Gasteiger partial charge in [0, 0.05) is 12.2 Å². The summed E-state index contributed by atoms with van der Waals surface area (Å²) in [6, 6.07) is 0. The van der Waals surface area contributed by atoms with Crippen molar-refractivity contribution in [3.05, 3.63) is 17.5 Å². The molecule has 0 aliphatic carbocycles. The predicted octanol–water partition coefficient (Wildman–Crippen LogP) is 0.642. The van der Waals surface area contributed by atoms with E-state index in [1.165, 1.54) is 0 Å². The molecular formula is C7H8N2O. The Morgan fingerprint density at radius 2 is 2.60 bits per heavy atom. The second-order valence-corrected chi connectivity index (χ2v) is 2.49. The van der Waals surface area contributed by atoms with E-state index in [9.17, 15) is 4.79 Å². The highest BCUT2D eigenvalue weighted by Crippen LogP contribution is 2.15. The van der Waals surface area contributed by atoms with Crippen LogP contribution in [0.2, 0.25) is 0 Å². The minimum atomic E-state index is 0.762. The molecule has 0 spiro atoms. The molecule has 1 aliphatic rings. The van der Waals surface area contributed by atoms with Gasteiger partial charge in [-0.2, -0.15) is 5.10 Å². The summed E-state index contributed by atoms with van der Waals surface area (Å²) < 4.78 is 1.91. The summed E-state index contributed by atoms with van der Waals surface area (Å²) in [6.07, 6.45) is 4.66. The lowest BCUT2D eigenvalue weighted by Crippen LogP contribution is -1.93. The average molecular weight is 136 g/mol. The lowest BCUT2D eigenvalue weighted by molar-refractivity contribution is 0.112. The second kappa shape index (κ2) is 1.94. The lowest BCUT2D eigenvalue weighted by atomic mass is 10.2. The van der Waals surface area contributed by atoms with Crippen molar-refractivity contribution in [1.29, 1.82) is 0 Å². The smallest absolute Gasteiger partial charge is 0.153 e. The van der Waals surface area contributed by atoms with Crippen molar-refractivity contribution in [2.75, 3.05) is 0 Å². The number of carbonyl (C=O) groups is 1. The Morgan fingerprint density at radius 3 is 3.40 bits per heavy atom. The molecule has 0 fully saturated rings. The molecule has 0 atom stereocenters. The van der Waals surface area contributed by atoms with E-state index in [1.54, 1.807) is 6.20 Å². The van der Waals surface area contributed by atoms with Gasteiger partial charge in [0.25, 0.3) is 0 Å². The van der Waals surface area contributed by atoms with Gasteiger partial charge in [0.2, 0.25) is 0 Å². The van der Waals surface area contributed by atoms with Gasteiger partial charge in [0.1, 0.15) is 0 Å². The summed E-state index contributed by atoms with van der Waals surface area (Å²) in [6.45, 7) is 0.975. The summed E-state index contributed by atoms with van der Waals surface area (Å²) >= 11 is 0. The molecule has 0 unspecified atom stereocenters. The maximum atomic E-state index is 10.4. The zero-order chi connectivity index (χ0) is 6.97. The van der Waals surface area contributed by atoms with Crippen LogP contribution >= 0.6 is 0 Å². The third-order valence-corrected chi connectivity index (χ3v) is 1.89. The highest BCUT2D eigenvalue weighted by Gasteiger charge is 2.14. The van der Waals surface area contributed by atoms with Crippen LogP contribution in [0.25, 0.3) is 0 Å². The Hall–Kier alpha value is -1.12. The van der Waals surface area contributed by atoms with Gasteiger partial charge in [-0.25, -0.2) is 0 Å². The van der Waals surface area contributed by atoms with Crippen molar-refractivity contribution in [2.24, 2.45) is 0 Å². The molecule has 0 bridgehead atoms. The fourth-order valence-electron chi connectivity index (χ4n) is 1.39. The Balaban J connectivity index is 2.53. The van der Waals surface area contributed by atoms with Gasteiger partial charge in [0.15, 0.2) is 6.29 Å². The highest BCUT2D eigenvalue weighted by molar-refractivity contribution is 5.76. The average Bonchev–Trinajstić information content (AvgIpc) is 2.44. The molecule has 0 N–H and O–H groups in total. The quantitative estimate of drug-likeness (QED) is 0.531. The molecule has 1 aliphatic heterocycles. The third kappa shape index (κ3) is 0.602. The largest absolute Gasteiger partial charge is 0.298 e. The Kier molecular flexibility index (Phi) is 1.09. The summed E-state index contributed by atoms with van der Waals surface area (Å²) in [5.41, 5.74) is 1.87. The summed E-state index contributed by atoms with van der Waals surface area (Å²) in [4.78, 5) is 10.4. The minimum Gasteiger partial charge on any atom is -0.298 e. The molecule has 2 rings (SSSR count). The van der Waals surface area contributed by atoms with Gasteiger partial charge in [-0.05, 0) is 12.8 Å². The van der Waals surface area contributed by atoms with Crippen LogP contribution < -0.4 is 0 Å². The van der Waals surface area contributed by atoms with Crippen LogP contribution in [0.3, 0.4) is 0 Å². The molecule has 0 aromatic carbocycles. The first-order valence-electron chi connectivity index (χ1n) is 3.41. The first kappa shape index (κ1) is 5.65. The first-order valence-corrected chi connectivity index (χ1v) is 3.41. The molecule has 1 aromatic heterocycles. The van der Waals surface area contributed by atoms with Crippen molar-refractivity contribution < 1.29 is 4.79 Å². The number of hydrogen-bond acceptors (Lipinski definition) is 2. The van der Waals surface area contributed by atoms with Crippen LogP contribution in [0.15, 0.2) is 6.20 Å². The van der Waals surface area contributed by atoms with Crippen molar-refractivity contribution in [3.8, 4) is 0 Å². The number of aryl methyl sites for hydroxylation is 1. The Bertz CT molecular complexity index is 265. The molecule has 10 heavy (non-hydrogen) atoms. The maximum absolute atomic E-state index is 10.4. The standard InChI is InChI=1S/C7H8N2O/c10-5-6-4-8-9-3-1-2-7(6)9/h4-5H,1-3H2. The van der Waals surface area contributed by atoms with Crippen LogP contribution in [-0.2, 0) is 13.0 Å². The zero-order valence-electron chi connectivity index (χ0n) is 5.58. The van der Waals surface area contributed by atoms with Crippen molar-refractivity contribution >= 4 is 6.29 Å². The number of aromatic nitrogens is 2. The van der Waals surface area contributed by atoms with E-state index < -0.39 is 0 Å². The van der Waals surface area contributed by atoms with E-state index in [1.807, 2.05) is 4.68 Å². The number of hydrogen-bond donors (Lipinski definition) is 0. The number of fused-ring (bicyclic) bond motifs is 1. The van der Waals surface area contributed by atoms with Gasteiger partial charge < -0.3 is 0 Å². The summed E-state index contributed by atoms with van der Waals surface area (Å²) in [5.74, 6) is 0. The number of nitrogens with zero attached hydrogens (tertiary/aromatic N) is 2. The lowest BCUT2D eigenvalue weighted by Gasteiger charge is -1.89. The molecule has 3 heteroatoms. The molecule has 3 nitrogen and oxygen atoms in total. The third-order valence-electron chi connectivity index (χ3n) is 1.89. The van der Waals surface area contributed by atoms with E-state index in [-0.39, 0.29) is 0 Å². The van der Waals surface area contributed by atoms with Gasteiger partial charge in [-0.3, -0.25) is 9.48 Å². The number of rotatable bonds is 1. The van der Waals surface area contributed by atoms with Gasteiger partial charge in [-0.1, -0.05) is 0 Å². The zero-order valence-corrected chi connectivity index (χ0v) is 5.58. The molecule has 0 radical (unpaired) electrons. The van der Waals surface area contributed by atoms with Gasteiger partial charge >= 0.3 is 0 Å². The maximum Gasteiger partial charge on any atom is 0.153 e. The molecule has 52 valence electrons. The predicted molar refractivity (Wildman–Crippen MR) is 35.9 cm³/mol. The monoisotopic (exact) mass is 136 g/mol. The summed E-state index contributed by atoms with van der Waals surface area (Å²) in [5, 5.41) is 4.05. The number of aldehydes is 1. The van der Waals surface area contributed by atoms with E-state index >= 15 is 0 Å². The van der Waals surface area contributed by atoms with Gasteiger partial charge in [-0.15, -0.1) is 0 Å². The molecule has 0 saturated carbocycles. The topological polar surface area (TPSA) is 34.9 Å². The van der Waals surface area contributed by atoms with Crippen molar-refractivity contribution in [3.63, 3.8) is 0 Å². The Morgan fingerprint density at radius 1 is 1.70 bits per heavy atom. The SMILES string of the molecule is O=Cc1cnn2c1CCC2. The van der Waals surface area contributed by atoms with Gasteiger partial charge in [0.05, 0.1) is 11.8 Å². The van der Waals surface area contributed by atoms with Crippen LogP contribution in [0, 0.1) is 0 Å². The first-order chi connectivity index (χ1) is 4.92. The normalized spacial score (nSPS) is 15.2. The molecular weight excluding hydrogens is 128 g/mol. The van der Waals surface area contributed by atoms with Crippen LogP contribution in [0.5, 0.6) is 0 Å². The van der Waals surface area contributed by atoms with E-state index in [0.717, 1.165) is 36.9 Å². The van der Waals surface area contributed by atoms with E-state index in [4.69, 9.17) is 0 Å². The summed E-state index contributed by atoms with van der Waals surface area (Å²) in [7, 11) is 0. The molecule has 0 amide bonds. The van der Waals surface area contributed by atoms with Crippen molar-refractivity contribution in [1.82, 2.24) is 9.78 Å².